The fourth-order valence-electron chi connectivity index (χ4n) is 2.68. The summed E-state index contributed by atoms with van der Waals surface area (Å²) in [5, 5.41) is 13.3. The summed E-state index contributed by atoms with van der Waals surface area (Å²) in [6.45, 7) is -1.53. The highest BCUT2D eigenvalue weighted by atomic mass is 32.2. The SMILES string of the molecule is N#Cc1cc(NC(=O)Cc2ccc(NS(=O)(=O)c3cccs3)cc2)ccc1OCC(F)(F)F. The minimum Gasteiger partial charge on any atom is -0.483 e. The molecule has 12 heteroatoms. The van der Waals surface area contributed by atoms with Crippen molar-refractivity contribution >= 4 is 38.6 Å². The lowest BCUT2D eigenvalue weighted by molar-refractivity contribution is -0.153. The quantitative estimate of drug-likeness (QED) is 0.477. The third-order valence-electron chi connectivity index (χ3n) is 4.11. The first-order chi connectivity index (χ1) is 15.6. The number of thiophene rings is 1. The highest BCUT2D eigenvalue weighted by molar-refractivity contribution is 7.94. The highest BCUT2D eigenvalue weighted by Gasteiger charge is 2.29. The van der Waals surface area contributed by atoms with Crippen LogP contribution in [0.4, 0.5) is 24.5 Å². The van der Waals surface area contributed by atoms with Crippen molar-refractivity contribution in [3.63, 3.8) is 0 Å². The molecular formula is C21H16F3N3O4S2. The molecule has 172 valence electrons. The van der Waals surface area contributed by atoms with Gasteiger partial charge in [0.25, 0.3) is 10.0 Å². The van der Waals surface area contributed by atoms with Crippen LogP contribution in [-0.4, -0.2) is 27.1 Å². The van der Waals surface area contributed by atoms with Crippen molar-refractivity contribution in [1.82, 2.24) is 0 Å². The fraction of sp³-hybridized carbons (Fsp3) is 0.143. The second-order valence-corrected chi connectivity index (χ2v) is 9.54. The number of nitrogens with zero attached hydrogens (tertiary/aromatic N) is 1. The van der Waals surface area contributed by atoms with E-state index < -0.39 is 28.7 Å². The standard InChI is InChI=1S/C21H16F3N3O4S2/c22-21(23,24)13-31-18-8-7-17(11-15(18)12-25)26-19(28)10-14-3-5-16(6-4-14)27-33(29,30)20-2-1-9-32-20/h1-9,11,27H,10,13H2,(H,26,28). The van der Waals surface area contributed by atoms with Gasteiger partial charge in [-0.1, -0.05) is 18.2 Å². The van der Waals surface area contributed by atoms with E-state index in [-0.39, 0.29) is 27.6 Å². The topological polar surface area (TPSA) is 108 Å². The summed E-state index contributed by atoms with van der Waals surface area (Å²) in [6, 6.07) is 14.8. The maximum absolute atomic E-state index is 12.3. The Morgan fingerprint density at radius 1 is 1.09 bits per heavy atom. The van der Waals surface area contributed by atoms with E-state index in [0.29, 0.717) is 11.3 Å². The number of alkyl halides is 3. The smallest absolute Gasteiger partial charge is 0.422 e. The summed E-state index contributed by atoms with van der Waals surface area (Å²) >= 11 is 1.09. The molecule has 0 bridgehead atoms. The summed E-state index contributed by atoms with van der Waals surface area (Å²) in [4.78, 5) is 12.3. The number of hydrogen-bond donors (Lipinski definition) is 2. The molecule has 1 heterocycles. The summed E-state index contributed by atoms with van der Waals surface area (Å²) in [5.74, 6) is -0.678. The third-order valence-corrected chi connectivity index (χ3v) is 6.88. The lowest BCUT2D eigenvalue weighted by Gasteiger charge is -2.12. The van der Waals surface area contributed by atoms with E-state index in [1.165, 1.54) is 36.4 Å². The Morgan fingerprint density at radius 2 is 1.79 bits per heavy atom. The second-order valence-electron chi connectivity index (χ2n) is 6.69. The molecule has 2 aromatic carbocycles. The number of nitrogens with one attached hydrogen (secondary N) is 2. The molecule has 0 radical (unpaired) electrons. The van der Waals surface area contributed by atoms with E-state index in [2.05, 4.69) is 14.8 Å². The molecule has 1 aromatic heterocycles. The molecule has 0 aliphatic heterocycles. The number of rotatable bonds is 8. The molecule has 3 rings (SSSR count). The average molecular weight is 496 g/mol. The van der Waals surface area contributed by atoms with Gasteiger partial charge in [-0.3, -0.25) is 9.52 Å². The number of carbonyl (C=O) groups is 1. The number of anilines is 2. The molecule has 0 aliphatic rings. The van der Waals surface area contributed by atoms with Gasteiger partial charge >= 0.3 is 6.18 Å². The monoisotopic (exact) mass is 495 g/mol. The molecule has 0 atom stereocenters. The molecule has 3 aromatic rings. The fourth-order valence-corrected chi connectivity index (χ4v) is 4.74. The molecule has 0 unspecified atom stereocenters. The largest absolute Gasteiger partial charge is 0.483 e. The van der Waals surface area contributed by atoms with Crippen molar-refractivity contribution in [2.24, 2.45) is 0 Å². The van der Waals surface area contributed by atoms with E-state index in [1.54, 1.807) is 29.6 Å². The van der Waals surface area contributed by atoms with Crippen LogP contribution in [0, 0.1) is 11.3 Å². The van der Waals surface area contributed by atoms with Crippen LogP contribution in [0.3, 0.4) is 0 Å². The van der Waals surface area contributed by atoms with Crippen molar-refractivity contribution in [2.45, 2.75) is 16.8 Å². The van der Waals surface area contributed by atoms with Crippen LogP contribution in [0.25, 0.3) is 0 Å². The maximum atomic E-state index is 12.3. The predicted octanol–water partition coefficient (Wildman–Crippen LogP) is 4.54. The lowest BCUT2D eigenvalue weighted by Crippen LogP contribution is -2.19. The molecule has 0 fully saturated rings. The summed E-state index contributed by atoms with van der Waals surface area (Å²) in [5.41, 5.74) is 0.994. The first-order valence-electron chi connectivity index (χ1n) is 9.24. The summed E-state index contributed by atoms with van der Waals surface area (Å²) in [7, 11) is -3.68. The summed E-state index contributed by atoms with van der Waals surface area (Å²) < 4.78 is 68.6. The van der Waals surface area contributed by atoms with E-state index in [9.17, 15) is 26.4 Å². The number of hydrogen-bond acceptors (Lipinski definition) is 6. The Hall–Kier alpha value is -3.56. The zero-order valence-electron chi connectivity index (χ0n) is 16.7. The first-order valence-corrected chi connectivity index (χ1v) is 11.6. The minimum atomic E-state index is -4.54. The van der Waals surface area contributed by atoms with Crippen molar-refractivity contribution in [3.05, 3.63) is 71.1 Å². The van der Waals surface area contributed by atoms with Gasteiger partial charge in [0, 0.05) is 11.4 Å². The van der Waals surface area contributed by atoms with Gasteiger partial charge in [0.1, 0.15) is 16.0 Å². The molecule has 1 amide bonds. The highest BCUT2D eigenvalue weighted by Crippen LogP contribution is 2.25. The van der Waals surface area contributed by atoms with E-state index in [1.807, 2.05) is 0 Å². The number of sulfonamides is 1. The first kappa shape index (κ1) is 24.1. The predicted molar refractivity (Wildman–Crippen MR) is 117 cm³/mol. The van der Waals surface area contributed by atoms with Crippen LogP contribution >= 0.6 is 11.3 Å². The van der Waals surface area contributed by atoms with Crippen LogP contribution in [0.15, 0.2) is 64.2 Å². The lowest BCUT2D eigenvalue weighted by atomic mass is 10.1. The van der Waals surface area contributed by atoms with Crippen LogP contribution in [-0.2, 0) is 21.2 Å². The maximum Gasteiger partial charge on any atom is 0.422 e. The van der Waals surface area contributed by atoms with Gasteiger partial charge in [-0.25, -0.2) is 8.42 Å². The number of amides is 1. The number of benzene rings is 2. The zero-order chi connectivity index (χ0) is 24.1. The number of ether oxygens (including phenoxy) is 1. The second kappa shape index (κ2) is 9.93. The Labute approximate surface area is 191 Å². The molecular weight excluding hydrogens is 479 g/mol. The van der Waals surface area contributed by atoms with Crippen LogP contribution in [0.5, 0.6) is 5.75 Å². The van der Waals surface area contributed by atoms with Crippen molar-refractivity contribution < 1.29 is 31.1 Å². The van der Waals surface area contributed by atoms with Crippen LogP contribution in [0.2, 0.25) is 0 Å². The number of halogens is 3. The molecule has 33 heavy (non-hydrogen) atoms. The van der Waals surface area contributed by atoms with Gasteiger partial charge in [-0.05, 0) is 47.3 Å². The molecule has 7 nitrogen and oxygen atoms in total. The Morgan fingerprint density at radius 3 is 2.39 bits per heavy atom. The normalized spacial score (nSPS) is 11.5. The number of nitriles is 1. The molecule has 0 aliphatic carbocycles. The summed E-state index contributed by atoms with van der Waals surface area (Å²) in [6.07, 6.45) is -4.59. The Balaban J connectivity index is 1.60. The van der Waals surface area contributed by atoms with E-state index in [0.717, 1.165) is 11.3 Å². The van der Waals surface area contributed by atoms with E-state index in [4.69, 9.17) is 5.26 Å². The molecule has 0 spiro atoms. The van der Waals surface area contributed by atoms with Crippen molar-refractivity contribution in [1.29, 1.82) is 5.26 Å². The Bertz CT molecular complexity index is 1270. The van der Waals surface area contributed by atoms with Gasteiger partial charge in [-0.2, -0.15) is 18.4 Å². The number of carbonyl (C=O) groups excluding carboxylic acids is 1. The molecule has 0 saturated heterocycles. The van der Waals surface area contributed by atoms with Crippen molar-refractivity contribution in [3.8, 4) is 11.8 Å². The van der Waals surface area contributed by atoms with Gasteiger partial charge in [-0.15, -0.1) is 11.3 Å². The minimum absolute atomic E-state index is 0.0494. The average Bonchev–Trinajstić information content (AvgIpc) is 3.29. The van der Waals surface area contributed by atoms with Crippen LogP contribution in [0.1, 0.15) is 11.1 Å². The van der Waals surface area contributed by atoms with E-state index >= 15 is 0 Å². The molecule has 2 N–H and O–H groups in total. The van der Waals surface area contributed by atoms with Crippen LogP contribution < -0.4 is 14.8 Å². The molecule has 0 saturated carbocycles. The zero-order valence-corrected chi connectivity index (χ0v) is 18.4. The van der Waals surface area contributed by atoms with Gasteiger partial charge in [0.05, 0.1) is 12.0 Å². The van der Waals surface area contributed by atoms with Crippen molar-refractivity contribution in [2.75, 3.05) is 16.6 Å². The van der Waals surface area contributed by atoms with Gasteiger partial charge < -0.3 is 10.1 Å². The Kier molecular flexibility index (Phi) is 7.25. The third kappa shape index (κ3) is 6.96. The van der Waals surface area contributed by atoms with Gasteiger partial charge in [0.15, 0.2) is 6.61 Å². The van der Waals surface area contributed by atoms with Gasteiger partial charge in [0.2, 0.25) is 5.91 Å².